The summed E-state index contributed by atoms with van der Waals surface area (Å²) in [6.45, 7) is 3.69. The van der Waals surface area contributed by atoms with Gasteiger partial charge in [0.15, 0.2) is 0 Å². The molecule has 24 heavy (non-hydrogen) atoms. The number of anilines is 1. The van der Waals surface area contributed by atoms with E-state index in [0.29, 0.717) is 51.4 Å². The smallest absolute Gasteiger partial charge is 0.243 e. The Morgan fingerprint density at radius 1 is 1.17 bits per heavy atom. The molecule has 0 radical (unpaired) electrons. The van der Waals surface area contributed by atoms with E-state index in [1.165, 1.54) is 23.4 Å². The summed E-state index contributed by atoms with van der Waals surface area (Å²) in [5.74, 6) is -0.194. The van der Waals surface area contributed by atoms with Gasteiger partial charge in [-0.2, -0.15) is 4.31 Å². The molecule has 2 aliphatic rings. The Balaban J connectivity index is 1.78. The highest BCUT2D eigenvalue weighted by Crippen LogP contribution is 2.31. The van der Waals surface area contributed by atoms with E-state index in [2.05, 4.69) is 5.32 Å². The molecule has 1 spiro atoms. The first kappa shape index (κ1) is 17.3. The van der Waals surface area contributed by atoms with Crippen molar-refractivity contribution in [2.24, 2.45) is 0 Å². The quantitative estimate of drug-likeness (QED) is 0.882. The number of rotatable bonds is 3. The summed E-state index contributed by atoms with van der Waals surface area (Å²) in [6.07, 6.45) is 1.42. The fourth-order valence-corrected chi connectivity index (χ4v) is 4.62. The second kappa shape index (κ2) is 6.79. The lowest BCUT2D eigenvalue weighted by molar-refractivity contribution is -0.139. The van der Waals surface area contributed by atoms with Crippen molar-refractivity contribution in [3.05, 3.63) is 24.3 Å². The van der Waals surface area contributed by atoms with Crippen molar-refractivity contribution in [2.75, 3.05) is 38.2 Å². The third-order valence-corrected chi connectivity index (χ3v) is 6.29. The van der Waals surface area contributed by atoms with E-state index >= 15 is 0 Å². The number of nitrogens with zero attached hydrogens (tertiary/aromatic N) is 1. The van der Waals surface area contributed by atoms with Gasteiger partial charge in [-0.1, -0.05) is 0 Å². The van der Waals surface area contributed by atoms with Gasteiger partial charge >= 0.3 is 0 Å². The molecule has 3 rings (SSSR count). The molecule has 1 N–H and O–H groups in total. The van der Waals surface area contributed by atoms with Gasteiger partial charge in [0.25, 0.3) is 0 Å². The van der Waals surface area contributed by atoms with Crippen LogP contribution in [0, 0.1) is 0 Å². The van der Waals surface area contributed by atoms with Gasteiger partial charge in [0.05, 0.1) is 17.1 Å². The summed E-state index contributed by atoms with van der Waals surface area (Å²) in [7, 11) is -3.58. The minimum Gasteiger partial charge on any atom is -0.381 e. The molecule has 2 aliphatic heterocycles. The van der Waals surface area contributed by atoms with E-state index < -0.39 is 15.6 Å². The first-order chi connectivity index (χ1) is 11.4. The zero-order valence-corrected chi connectivity index (χ0v) is 14.5. The van der Waals surface area contributed by atoms with E-state index in [-0.39, 0.29) is 10.8 Å². The number of carbonyl (C=O) groups is 1. The van der Waals surface area contributed by atoms with Crippen molar-refractivity contribution in [2.45, 2.75) is 30.3 Å². The molecule has 1 amide bonds. The van der Waals surface area contributed by atoms with Gasteiger partial charge < -0.3 is 14.8 Å². The van der Waals surface area contributed by atoms with Crippen molar-refractivity contribution in [1.29, 1.82) is 0 Å². The zero-order chi connectivity index (χ0) is 17.2. The van der Waals surface area contributed by atoms with Crippen LogP contribution in [0.2, 0.25) is 0 Å². The minimum atomic E-state index is -3.58. The Kier molecular flexibility index (Phi) is 4.91. The van der Waals surface area contributed by atoms with E-state index in [4.69, 9.17) is 9.47 Å². The molecule has 0 saturated carbocycles. The maximum absolute atomic E-state index is 12.9. The monoisotopic (exact) mass is 354 g/mol. The third-order valence-electron chi connectivity index (χ3n) is 4.43. The van der Waals surface area contributed by atoms with Crippen molar-refractivity contribution in [1.82, 2.24) is 4.31 Å². The molecule has 0 unspecified atom stereocenters. The first-order valence-corrected chi connectivity index (χ1v) is 9.45. The molecule has 7 nitrogen and oxygen atoms in total. The molecule has 2 heterocycles. The number of benzene rings is 1. The second-order valence-electron chi connectivity index (χ2n) is 6.19. The van der Waals surface area contributed by atoms with Gasteiger partial charge in [0.2, 0.25) is 15.9 Å². The molecular formula is C16H22N2O5S. The summed E-state index contributed by atoms with van der Waals surface area (Å²) in [5.41, 5.74) is 0.143. The highest BCUT2D eigenvalue weighted by molar-refractivity contribution is 7.89. The Morgan fingerprint density at radius 2 is 1.83 bits per heavy atom. The van der Waals surface area contributed by atoms with E-state index in [1.807, 2.05) is 0 Å². The number of sulfonamides is 1. The van der Waals surface area contributed by atoms with Crippen molar-refractivity contribution < 1.29 is 22.7 Å². The highest BCUT2D eigenvalue weighted by atomic mass is 32.2. The molecule has 0 aromatic heterocycles. The second-order valence-corrected chi connectivity index (χ2v) is 8.13. The van der Waals surface area contributed by atoms with E-state index in [9.17, 15) is 13.2 Å². The van der Waals surface area contributed by atoms with Crippen LogP contribution in [0.15, 0.2) is 29.2 Å². The Labute approximate surface area is 142 Å². The Hall–Kier alpha value is -1.48. The lowest BCUT2D eigenvalue weighted by Gasteiger charge is -2.44. The zero-order valence-electron chi connectivity index (χ0n) is 13.7. The molecule has 1 aromatic carbocycles. The largest absolute Gasteiger partial charge is 0.381 e. The van der Waals surface area contributed by atoms with Crippen LogP contribution in [-0.4, -0.2) is 57.1 Å². The van der Waals surface area contributed by atoms with Crippen LogP contribution in [0.1, 0.15) is 19.8 Å². The lowest BCUT2D eigenvalue weighted by atomic mass is 9.93. The predicted molar refractivity (Wildman–Crippen MR) is 88.2 cm³/mol. The third kappa shape index (κ3) is 3.61. The number of ether oxygens (including phenoxy) is 2. The van der Waals surface area contributed by atoms with Crippen LogP contribution < -0.4 is 5.32 Å². The average molecular weight is 354 g/mol. The van der Waals surface area contributed by atoms with Crippen LogP contribution in [0.25, 0.3) is 0 Å². The van der Waals surface area contributed by atoms with Crippen LogP contribution in [0.3, 0.4) is 0 Å². The molecule has 0 aliphatic carbocycles. The summed E-state index contributed by atoms with van der Waals surface area (Å²) in [4.78, 5) is 11.3. The van der Waals surface area contributed by atoms with Gasteiger partial charge in [0, 0.05) is 51.8 Å². The topological polar surface area (TPSA) is 84.9 Å². The van der Waals surface area contributed by atoms with Crippen molar-refractivity contribution in [3.63, 3.8) is 0 Å². The molecular weight excluding hydrogens is 332 g/mol. The first-order valence-electron chi connectivity index (χ1n) is 8.01. The highest BCUT2D eigenvalue weighted by Gasteiger charge is 2.42. The molecule has 2 saturated heterocycles. The average Bonchev–Trinajstić information content (AvgIpc) is 2.55. The molecule has 1 aromatic rings. The summed E-state index contributed by atoms with van der Waals surface area (Å²) in [5, 5.41) is 2.63. The number of amides is 1. The number of morpholine rings is 1. The van der Waals surface area contributed by atoms with Gasteiger partial charge in [-0.25, -0.2) is 8.42 Å². The fourth-order valence-electron chi connectivity index (χ4n) is 3.12. The maximum Gasteiger partial charge on any atom is 0.243 e. The van der Waals surface area contributed by atoms with Crippen LogP contribution >= 0.6 is 0 Å². The van der Waals surface area contributed by atoms with Crippen LogP contribution in [-0.2, 0) is 24.3 Å². The molecule has 0 bridgehead atoms. The number of hydrogen-bond donors (Lipinski definition) is 1. The predicted octanol–water partition coefficient (Wildman–Crippen LogP) is 1.22. The van der Waals surface area contributed by atoms with Crippen molar-refractivity contribution >= 4 is 21.6 Å². The summed E-state index contributed by atoms with van der Waals surface area (Å²) < 4.78 is 38.6. The van der Waals surface area contributed by atoms with Gasteiger partial charge in [0.1, 0.15) is 0 Å². The van der Waals surface area contributed by atoms with Crippen molar-refractivity contribution in [3.8, 4) is 0 Å². The van der Waals surface area contributed by atoms with Crippen LogP contribution in [0.5, 0.6) is 0 Å². The summed E-state index contributed by atoms with van der Waals surface area (Å²) >= 11 is 0. The number of hydrogen-bond acceptors (Lipinski definition) is 5. The van der Waals surface area contributed by atoms with E-state index in [1.54, 1.807) is 12.1 Å². The SMILES string of the molecule is CC(=O)Nc1ccc(S(=O)(=O)N2CCOC3(CCOCC3)C2)cc1. The fraction of sp³-hybridized carbons (Fsp3) is 0.562. The van der Waals surface area contributed by atoms with Crippen LogP contribution in [0.4, 0.5) is 5.69 Å². The number of carbonyl (C=O) groups excluding carboxylic acids is 1. The number of nitrogens with one attached hydrogen (secondary N) is 1. The molecule has 132 valence electrons. The van der Waals surface area contributed by atoms with Gasteiger partial charge in [-0.3, -0.25) is 4.79 Å². The Morgan fingerprint density at radius 3 is 2.46 bits per heavy atom. The summed E-state index contributed by atoms with van der Waals surface area (Å²) in [6, 6.07) is 6.23. The molecule has 8 heteroatoms. The van der Waals surface area contributed by atoms with Gasteiger partial charge in [-0.05, 0) is 24.3 Å². The minimum absolute atomic E-state index is 0.194. The van der Waals surface area contributed by atoms with E-state index in [0.717, 1.165) is 0 Å². The standard InChI is InChI=1S/C16H22N2O5S/c1-13(19)17-14-2-4-15(5-3-14)24(20,21)18-8-11-23-16(12-18)6-9-22-10-7-16/h2-5H,6-12H2,1H3,(H,17,19). The molecule has 0 atom stereocenters. The lowest BCUT2D eigenvalue weighted by Crippen LogP contribution is -2.55. The van der Waals surface area contributed by atoms with Gasteiger partial charge in [-0.15, -0.1) is 0 Å². The molecule has 2 fully saturated rings. The maximum atomic E-state index is 12.9. The Bertz CT molecular complexity index is 690. The normalized spacial score (nSPS) is 21.5.